The van der Waals surface area contributed by atoms with E-state index in [-0.39, 0.29) is 12.0 Å². The smallest absolute Gasteiger partial charge is 0.323 e. The summed E-state index contributed by atoms with van der Waals surface area (Å²) in [7, 11) is 0. The van der Waals surface area contributed by atoms with Gasteiger partial charge in [-0.15, -0.1) is 0 Å². The van der Waals surface area contributed by atoms with Crippen molar-refractivity contribution in [3.8, 4) is 0 Å². The normalized spacial score (nSPS) is 25.7. The number of nitrogens with one attached hydrogen (secondary N) is 1. The van der Waals surface area contributed by atoms with E-state index in [0.717, 1.165) is 19.4 Å². The summed E-state index contributed by atoms with van der Waals surface area (Å²) in [5.41, 5.74) is 0. The van der Waals surface area contributed by atoms with E-state index in [1.807, 2.05) is 0 Å². The predicted molar refractivity (Wildman–Crippen MR) is 74.5 cm³/mol. The van der Waals surface area contributed by atoms with Crippen LogP contribution in [0.4, 0.5) is 0 Å². The van der Waals surface area contributed by atoms with Crippen LogP contribution in [0.5, 0.6) is 0 Å². The summed E-state index contributed by atoms with van der Waals surface area (Å²) < 4.78 is 5.50. The molecular weight excluding hydrogens is 226 g/mol. The van der Waals surface area contributed by atoms with E-state index in [9.17, 15) is 4.79 Å². The molecule has 0 amide bonds. The zero-order valence-electron chi connectivity index (χ0n) is 12.2. The maximum Gasteiger partial charge on any atom is 0.323 e. The van der Waals surface area contributed by atoms with Crippen LogP contribution in [0.15, 0.2) is 0 Å². The minimum atomic E-state index is -0.0811. The van der Waals surface area contributed by atoms with Gasteiger partial charge in [0, 0.05) is 0 Å². The van der Waals surface area contributed by atoms with Crippen molar-refractivity contribution >= 4 is 5.97 Å². The van der Waals surface area contributed by atoms with Gasteiger partial charge in [-0.1, -0.05) is 40.0 Å². The molecule has 0 aromatic heterocycles. The molecule has 1 rings (SSSR count). The minimum Gasteiger partial charge on any atom is -0.464 e. The van der Waals surface area contributed by atoms with Crippen molar-refractivity contribution in [2.24, 2.45) is 11.8 Å². The summed E-state index contributed by atoms with van der Waals surface area (Å²) >= 11 is 0. The molecule has 0 radical (unpaired) electrons. The summed E-state index contributed by atoms with van der Waals surface area (Å²) in [5, 5.41) is 3.28. The number of rotatable bonds is 7. The third kappa shape index (κ3) is 4.97. The Morgan fingerprint density at radius 2 is 2.22 bits per heavy atom. The fourth-order valence-corrected chi connectivity index (χ4v) is 2.55. The van der Waals surface area contributed by atoms with Gasteiger partial charge in [0.2, 0.25) is 0 Å². The molecule has 1 saturated heterocycles. The standard InChI is InChI=1S/C15H29NO2/c1-4-6-9-13(5-2)11-18-15(17)14-12(3)8-7-10-16-14/h12-14,16H,4-11H2,1-3H3. The molecular formula is C15H29NO2. The molecule has 1 N–H and O–H groups in total. The highest BCUT2D eigenvalue weighted by atomic mass is 16.5. The summed E-state index contributed by atoms with van der Waals surface area (Å²) in [4.78, 5) is 12.0. The van der Waals surface area contributed by atoms with E-state index in [1.54, 1.807) is 0 Å². The van der Waals surface area contributed by atoms with E-state index in [4.69, 9.17) is 4.74 Å². The molecule has 3 heteroatoms. The Bertz CT molecular complexity index is 243. The highest BCUT2D eigenvalue weighted by molar-refractivity contribution is 5.76. The van der Waals surface area contributed by atoms with Crippen molar-refractivity contribution in [2.75, 3.05) is 13.2 Å². The van der Waals surface area contributed by atoms with Crippen LogP contribution in [0.2, 0.25) is 0 Å². The fourth-order valence-electron chi connectivity index (χ4n) is 2.55. The van der Waals surface area contributed by atoms with Gasteiger partial charge in [-0.3, -0.25) is 4.79 Å². The van der Waals surface area contributed by atoms with Crippen molar-refractivity contribution in [1.82, 2.24) is 5.32 Å². The van der Waals surface area contributed by atoms with Gasteiger partial charge < -0.3 is 10.1 Å². The second-order valence-corrected chi connectivity index (χ2v) is 5.60. The van der Waals surface area contributed by atoms with Gasteiger partial charge in [0.25, 0.3) is 0 Å². The Morgan fingerprint density at radius 1 is 1.44 bits per heavy atom. The molecule has 0 aliphatic carbocycles. The zero-order valence-corrected chi connectivity index (χ0v) is 12.2. The van der Waals surface area contributed by atoms with Gasteiger partial charge in [-0.25, -0.2) is 0 Å². The van der Waals surface area contributed by atoms with E-state index in [0.29, 0.717) is 18.4 Å². The molecule has 18 heavy (non-hydrogen) atoms. The first-order valence-corrected chi connectivity index (χ1v) is 7.59. The molecule has 3 nitrogen and oxygen atoms in total. The average molecular weight is 255 g/mol. The molecule has 1 aliphatic heterocycles. The van der Waals surface area contributed by atoms with Crippen LogP contribution in [0.3, 0.4) is 0 Å². The van der Waals surface area contributed by atoms with Gasteiger partial charge >= 0.3 is 5.97 Å². The lowest BCUT2D eigenvalue weighted by Crippen LogP contribution is -2.47. The largest absolute Gasteiger partial charge is 0.464 e. The third-order valence-electron chi connectivity index (χ3n) is 4.03. The van der Waals surface area contributed by atoms with Crippen molar-refractivity contribution in [3.05, 3.63) is 0 Å². The third-order valence-corrected chi connectivity index (χ3v) is 4.03. The molecule has 0 spiro atoms. The lowest BCUT2D eigenvalue weighted by molar-refractivity contribution is -0.149. The SMILES string of the molecule is CCCCC(CC)COC(=O)C1NCCCC1C. The first-order valence-electron chi connectivity index (χ1n) is 7.59. The van der Waals surface area contributed by atoms with Crippen molar-refractivity contribution in [1.29, 1.82) is 0 Å². The zero-order chi connectivity index (χ0) is 13.4. The Kier molecular flexibility index (Phi) is 7.33. The molecule has 0 bridgehead atoms. The van der Waals surface area contributed by atoms with E-state index in [1.165, 1.54) is 25.7 Å². The number of carbonyl (C=O) groups is 1. The summed E-state index contributed by atoms with van der Waals surface area (Å²) in [6.07, 6.45) is 7.01. The van der Waals surface area contributed by atoms with Crippen LogP contribution >= 0.6 is 0 Å². The molecule has 3 atom stereocenters. The minimum absolute atomic E-state index is 0.0443. The number of unbranched alkanes of at least 4 members (excludes halogenated alkanes) is 1. The van der Waals surface area contributed by atoms with E-state index in [2.05, 4.69) is 26.1 Å². The quantitative estimate of drug-likeness (QED) is 0.710. The summed E-state index contributed by atoms with van der Waals surface area (Å²) in [6.45, 7) is 8.05. The number of hydrogen-bond donors (Lipinski definition) is 1. The highest BCUT2D eigenvalue weighted by Gasteiger charge is 2.28. The van der Waals surface area contributed by atoms with Crippen LogP contribution in [-0.4, -0.2) is 25.2 Å². The number of esters is 1. The van der Waals surface area contributed by atoms with Crippen LogP contribution in [-0.2, 0) is 9.53 Å². The van der Waals surface area contributed by atoms with Gasteiger partial charge in [0.1, 0.15) is 6.04 Å². The molecule has 1 heterocycles. The second-order valence-electron chi connectivity index (χ2n) is 5.60. The average Bonchev–Trinajstić information content (AvgIpc) is 2.39. The van der Waals surface area contributed by atoms with Crippen LogP contribution in [0, 0.1) is 11.8 Å². The number of piperidine rings is 1. The highest BCUT2D eigenvalue weighted by Crippen LogP contribution is 2.18. The monoisotopic (exact) mass is 255 g/mol. The van der Waals surface area contributed by atoms with Gasteiger partial charge in [0.15, 0.2) is 0 Å². The van der Waals surface area contributed by atoms with Gasteiger partial charge in [0.05, 0.1) is 6.61 Å². The molecule has 1 fully saturated rings. The van der Waals surface area contributed by atoms with Gasteiger partial charge in [-0.2, -0.15) is 0 Å². The Morgan fingerprint density at radius 3 is 2.83 bits per heavy atom. The number of carbonyl (C=O) groups excluding carboxylic acids is 1. The predicted octanol–water partition coefficient (Wildman–Crippen LogP) is 3.13. The van der Waals surface area contributed by atoms with Crippen LogP contribution < -0.4 is 5.32 Å². The van der Waals surface area contributed by atoms with Crippen molar-refractivity contribution in [2.45, 2.75) is 65.3 Å². The lowest BCUT2D eigenvalue weighted by atomic mass is 9.93. The lowest BCUT2D eigenvalue weighted by Gasteiger charge is -2.28. The number of ether oxygens (including phenoxy) is 1. The van der Waals surface area contributed by atoms with E-state index < -0.39 is 0 Å². The Labute approximate surface area is 112 Å². The van der Waals surface area contributed by atoms with Crippen LogP contribution in [0.25, 0.3) is 0 Å². The maximum absolute atomic E-state index is 12.0. The van der Waals surface area contributed by atoms with Gasteiger partial charge in [-0.05, 0) is 37.6 Å². The number of hydrogen-bond acceptors (Lipinski definition) is 3. The fraction of sp³-hybridized carbons (Fsp3) is 0.933. The molecule has 0 saturated carbocycles. The first-order chi connectivity index (χ1) is 8.69. The van der Waals surface area contributed by atoms with Crippen molar-refractivity contribution < 1.29 is 9.53 Å². The first kappa shape index (κ1) is 15.5. The topological polar surface area (TPSA) is 38.3 Å². The van der Waals surface area contributed by atoms with Crippen molar-refractivity contribution in [3.63, 3.8) is 0 Å². The molecule has 3 unspecified atom stereocenters. The van der Waals surface area contributed by atoms with Crippen LogP contribution in [0.1, 0.15) is 59.3 Å². The molecule has 0 aromatic rings. The molecule has 106 valence electrons. The second kappa shape index (κ2) is 8.52. The van der Waals surface area contributed by atoms with E-state index >= 15 is 0 Å². The molecule has 1 aliphatic rings. The molecule has 0 aromatic carbocycles. The Balaban J connectivity index is 2.29. The Hall–Kier alpha value is -0.570. The summed E-state index contributed by atoms with van der Waals surface area (Å²) in [5.74, 6) is 0.895. The summed E-state index contributed by atoms with van der Waals surface area (Å²) in [6, 6.07) is -0.0811. The maximum atomic E-state index is 12.0.